The average Bonchev–Trinajstić information content (AvgIpc) is 3.30. The second-order valence-electron chi connectivity index (χ2n) is 5.30. The van der Waals surface area contributed by atoms with Gasteiger partial charge in [-0.15, -0.1) is 5.10 Å². The highest BCUT2D eigenvalue weighted by molar-refractivity contribution is 5.89. The first kappa shape index (κ1) is 14.9. The highest BCUT2D eigenvalue weighted by atomic mass is 16.3. The van der Waals surface area contributed by atoms with Gasteiger partial charge in [-0.3, -0.25) is 0 Å². The number of rotatable bonds is 4. The van der Waals surface area contributed by atoms with E-state index in [0.29, 0.717) is 22.9 Å². The molecule has 0 aliphatic carbocycles. The van der Waals surface area contributed by atoms with Crippen molar-refractivity contribution in [2.45, 2.75) is 6.54 Å². The predicted octanol–water partition coefficient (Wildman–Crippen LogP) is 2.71. The van der Waals surface area contributed by atoms with Crippen molar-refractivity contribution >= 4 is 17.4 Å². The Morgan fingerprint density at radius 2 is 2.04 bits per heavy atom. The summed E-state index contributed by atoms with van der Waals surface area (Å²) in [6.07, 6.45) is 4.58. The molecule has 0 radical (unpaired) electrons. The van der Waals surface area contributed by atoms with Crippen LogP contribution in [0.5, 0.6) is 0 Å². The first-order valence-corrected chi connectivity index (χ1v) is 7.62. The van der Waals surface area contributed by atoms with E-state index in [9.17, 15) is 4.79 Å². The number of anilines is 1. The summed E-state index contributed by atoms with van der Waals surface area (Å²) >= 11 is 0. The van der Waals surface area contributed by atoms with Crippen molar-refractivity contribution in [3.05, 3.63) is 67.0 Å². The zero-order valence-corrected chi connectivity index (χ0v) is 13.1. The Labute approximate surface area is 142 Å². The van der Waals surface area contributed by atoms with Crippen LogP contribution in [0.1, 0.15) is 5.76 Å². The lowest BCUT2D eigenvalue weighted by Gasteiger charge is -2.06. The van der Waals surface area contributed by atoms with Gasteiger partial charge in [-0.2, -0.15) is 0 Å². The Balaban J connectivity index is 1.48. The van der Waals surface area contributed by atoms with Crippen molar-refractivity contribution in [1.82, 2.24) is 24.9 Å². The smallest absolute Gasteiger partial charge is 0.319 e. The predicted molar refractivity (Wildman–Crippen MR) is 90.8 cm³/mol. The molecule has 0 aliphatic rings. The number of fused-ring (bicyclic) bond motifs is 1. The normalized spacial score (nSPS) is 10.7. The SMILES string of the molecule is O=C(NCc1cnco1)Nc1ccc2nc(-c3ccccc3)nn2c1. The Kier molecular flexibility index (Phi) is 3.83. The van der Waals surface area contributed by atoms with Gasteiger partial charge >= 0.3 is 6.03 Å². The third-order valence-corrected chi connectivity index (χ3v) is 3.53. The van der Waals surface area contributed by atoms with Crippen LogP contribution in [-0.2, 0) is 6.54 Å². The van der Waals surface area contributed by atoms with Crippen molar-refractivity contribution in [3.63, 3.8) is 0 Å². The van der Waals surface area contributed by atoms with Gasteiger partial charge in [0.1, 0.15) is 5.76 Å². The minimum atomic E-state index is -0.348. The van der Waals surface area contributed by atoms with Crippen molar-refractivity contribution in [3.8, 4) is 11.4 Å². The fourth-order valence-corrected chi connectivity index (χ4v) is 2.34. The van der Waals surface area contributed by atoms with Gasteiger partial charge in [0, 0.05) is 5.56 Å². The summed E-state index contributed by atoms with van der Waals surface area (Å²) < 4.78 is 6.69. The Hall–Kier alpha value is -3.68. The fourth-order valence-electron chi connectivity index (χ4n) is 2.34. The highest BCUT2D eigenvalue weighted by Crippen LogP contribution is 2.17. The Morgan fingerprint density at radius 1 is 1.16 bits per heavy atom. The van der Waals surface area contributed by atoms with Crippen LogP contribution in [0, 0.1) is 0 Å². The van der Waals surface area contributed by atoms with Crippen LogP contribution in [-0.4, -0.2) is 25.6 Å². The third-order valence-electron chi connectivity index (χ3n) is 3.53. The molecular weight excluding hydrogens is 320 g/mol. The van der Waals surface area contributed by atoms with E-state index in [1.807, 2.05) is 30.3 Å². The standard InChI is InChI=1S/C17H14N6O2/c24-17(19-9-14-8-18-11-25-14)20-13-6-7-15-21-16(22-23(15)10-13)12-4-2-1-3-5-12/h1-8,10-11H,9H2,(H2,19,20,24). The summed E-state index contributed by atoms with van der Waals surface area (Å²) in [6.45, 7) is 0.259. The molecule has 2 amide bonds. The number of aromatic nitrogens is 4. The van der Waals surface area contributed by atoms with E-state index in [0.717, 1.165) is 5.56 Å². The van der Waals surface area contributed by atoms with E-state index in [4.69, 9.17) is 4.42 Å². The summed E-state index contributed by atoms with van der Waals surface area (Å²) in [4.78, 5) is 20.2. The van der Waals surface area contributed by atoms with Gasteiger partial charge in [0.25, 0.3) is 0 Å². The summed E-state index contributed by atoms with van der Waals surface area (Å²) in [7, 11) is 0. The molecule has 4 aromatic rings. The molecule has 0 bridgehead atoms. The molecule has 3 heterocycles. The van der Waals surface area contributed by atoms with Crippen LogP contribution < -0.4 is 10.6 Å². The number of oxazole rings is 1. The van der Waals surface area contributed by atoms with Crippen LogP contribution in [0.15, 0.2) is 65.7 Å². The number of carbonyl (C=O) groups excluding carboxylic acids is 1. The number of nitrogens with one attached hydrogen (secondary N) is 2. The zero-order chi connectivity index (χ0) is 17.1. The molecule has 3 aromatic heterocycles. The lowest BCUT2D eigenvalue weighted by molar-refractivity contribution is 0.251. The van der Waals surface area contributed by atoms with E-state index in [-0.39, 0.29) is 12.6 Å². The summed E-state index contributed by atoms with van der Waals surface area (Å²) in [5.41, 5.74) is 2.24. The molecule has 0 fully saturated rings. The third kappa shape index (κ3) is 3.32. The van der Waals surface area contributed by atoms with E-state index in [2.05, 4.69) is 25.7 Å². The maximum absolute atomic E-state index is 11.9. The molecule has 0 saturated heterocycles. The molecule has 2 N–H and O–H groups in total. The van der Waals surface area contributed by atoms with E-state index >= 15 is 0 Å². The molecule has 0 atom stereocenters. The van der Waals surface area contributed by atoms with Crippen LogP contribution in [0.2, 0.25) is 0 Å². The minimum absolute atomic E-state index is 0.259. The summed E-state index contributed by atoms with van der Waals surface area (Å²) in [6, 6.07) is 12.9. The molecule has 124 valence electrons. The van der Waals surface area contributed by atoms with E-state index in [1.165, 1.54) is 6.39 Å². The fraction of sp³-hybridized carbons (Fsp3) is 0.0588. The van der Waals surface area contributed by atoms with Gasteiger partial charge in [0.15, 0.2) is 17.9 Å². The summed E-state index contributed by atoms with van der Waals surface area (Å²) in [5, 5.41) is 9.88. The van der Waals surface area contributed by atoms with Gasteiger partial charge in [-0.1, -0.05) is 30.3 Å². The first-order chi connectivity index (χ1) is 12.3. The molecule has 4 rings (SSSR count). The van der Waals surface area contributed by atoms with Crippen LogP contribution in [0.3, 0.4) is 0 Å². The van der Waals surface area contributed by atoms with Crippen LogP contribution in [0.4, 0.5) is 10.5 Å². The number of amides is 2. The van der Waals surface area contributed by atoms with Crippen molar-refractivity contribution in [2.75, 3.05) is 5.32 Å². The average molecular weight is 334 g/mol. The van der Waals surface area contributed by atoms with Gasteiger partial charge in [0.2, 0.25) is 0 Å². The van der Waals surface area contributed by atoms with Crippen molar-refractivity contribution in [1.29, 1.82) is 0 Å². The quantitative estimate of drug-likeness (QED) is 0.598. The van der Waals surface area contributed by atoms with Gasteiger partial charge in [-0.05, 0) is 12.1 Å². The molecule has 8 nitrogen and oxygen atoms in total. The molecule has 0 aliphatic heterocycles. The van der Waals surface area contributed by atoms with Crippen LogP contribution >= 0.6 is 0 Å². The van der Waals surface area contributed by atoms with Crippen molar-refractivity contribution in [2.24, 2.45) is 0 Å². The topological polar surface area (TPSA) is 97.3 Å². The lowest BCUT2D eigenvalue weighted by atomic mass is 10.2. The number of hydrogen-bond acceptors (Lipinski definition) is 5. The highest BCUT2D eigenvalue weighted by Gasteiger charge is 2.08. The Bertz CT molecular complexity index is 995. The maximum Gasteiger partial charge on any atom is 0.319 e. The van der Waals surface area contributed by atoms with Gasteiger partial charge < -0.3 is 15.1 Å². The molecule has 1 aromatic carbocycles. The minimum Gasteiger partial charge on any atom is -0.447 e. The van der Waals surface area contributed by atoms with E-state index < -0.39 is 0 Å². The van der Waals surface area contributed by atoms with Gasteiger partial charge in [0.05, 0.1) is 24.6 Å². The van der Waals surface area contributed by atoms with Crippen LogP contribution in [0.25, 0.3) is 17.0 Å². The molecule has 0 spiro atoms. The summed E-state index contributed by atoms with van der Waals surface area (Å²) in [5.74, 6) is 1.21. The zero-order valence-electron chi connectivity index (χ0n) is 13.1. The number of nitrogens with zero attached hydrogens (tertiary/aromatic N) is 4. The maximum atomic E-state index is 11.9. The van der Waals surface area contributed by atoms with E-state index in [1.54, 1.807) is 29.0 Å². The molecule has 0 saturated carbocycles. The first-order valence-electron chi connectivity index (χ1n) is 7.62. The number of pyridine rings is 1. The molecular formula is C17H14N6O2. The monoisotopic (exact) mass is 334 g/mol. The molecule has 25 heavy (non-hydrogen) atoms. The molecule has 8 heteroatoms. The number of carbonyl (C=O) groups is 1. The molecule has 0 unspecified atom stereocenters. The second kappa shape index (κ2) is 6.44. The van der Waals surface area contributed by atoms with Crippen molar-refractivity contribution < 1.29 is 9.21 Å². The number of hydrogen-bond donors (Lipinski definition) is 2. The largest absolute Gasteiger partial charge is 0.447 e. The number of urea groups is 1. The lowest BCUT2D eigenvalue weighted by Crippen LogP contribution is -2.28. The van der Waals surface area contributed by atoms with Gasteiger partial charge in [-0.25, -0.2) is 19.3 Å². The number of benzene rings is 1. The Morgan fingerprint density at radius 3 is 2.84 bits per heavy atom. The second-order valence-corrected chi connectivity index (χ2v) is 5.30.